The molecule has 0 spiro atoms. The zero-order chi connectivity index (χ0) is 5.98. The molecule has 3 heteroatoms. The monoisotopic (exact) mass is 150 g/mol. The van der Waals surface area contributed by atoms with Crippen LogP contribution in [0.5, 0.6) is 0 Å². The molecule has 1 rings (SSSR count). The first kappa shape index (κ1) is 5.99. The third kappa shape index (κ3) is 1.17. The van der Waals surface area contributed by atoms with Crippen molar-refractivity contribution in [1.82, 2.24) is 0 Å². The SMILES string of the molecule is ClCc1cc(Cl)co1. The maximum Gasteiger partial charge on any atom is 0.120 e. The summed E-state index contributed by atoms with van der Waals surface area (Å²) in [5.74, 6) is 1.09. The fraction of sp³-hybridized carbons (Fsp3) is 0.200. The quantitative estimate of drug-likeness (QED) is 0.562. The Kier molecular flexibility index (Phi) is 1.81. The zero-order valence-corrected chi connectivity index (χ0v) is 5.54. The molecule has 1 nitrogen and oxygen atoms in total. The summed E-state index contributed by atoms with van der Waals surface area (Å²) in [6, 6.07) is 1.69. The van der Waals surface area contributed by atoms with Gasteiger partial charge in [-0.05, 0) is 6.07 Å². The highest BCUT2D eigenvalue weighted by atomic mass is 35.5. The summed E-state index contributed by atoms with van der Waals surface area (Å²) in [5.41, 5.74) is 0. The van der Waals surface area contributed by atoms with Gasteiger partial charge in [0, 0.05) is 0 Å². The number of rotatable bonds is 1. The molecule has 0 aromatic carbocycles. The average Bonchev–Trinajstić information content (AvgIpc) is 2.14. The summed E-state index contributed by atoms with van der Waals surface area (Å²) in [4.78, 5) is 0. The molecule has 0 fully saturated rings. The summed E-state index contributed by atoms with van der Waals surface area (Å²) < 4.78 is 4.85. The predicted octanol–water partition coefficient (Wildman–Crippen LogP) is 2.67. The Morgan fingerprint density at radius 1 is 1.62 bits per heavy atom. The minimum absolute atomic E-state index is 0.382. The minimum Gasteiger partial charge on any atom is -0.466 e. The highest BCUT2D eigenvalue weighted by molar-refractivity contribution is 6.30. The third-order valence-corrected chi connectivity index (χ3v) is 1.22. The molecule has 1 aromatic heterocycles. The van der Waals surface area contributed by atoms with E-state index >= 15 is 0 Å². The Morgan fingerprint density at radius 2 is 2.38 bits per heavy atom. The molecule has 0 radical (unpaired) electrons. The van der Waals surface area contributed by atoms with Crippen LogP contribution in [0, 0.1) is 0 Å². The molecule has 0 amide bonds. The first-order valence-corrected chi connectivity index (χ1v) is 3.03. The van der Waals surface area contributed by atoms with Gasteiger partial charge in [-0.2, -0.15) is 0 Å². The molecule has 44 valence electrons. The number of hydrogen-bond acceptors (Lipinski definition) is 1. The number of halogens is 2. The summed E-state index contributed by atoms with van der Waals surface area (Å²) in [6.45, 7) is 0. The van der Waals surface area contributed by atoms with Crippen LogP contribution >= 0.6 is 23.2 Å². The summed E-state index contributed by atoms with van der Waals surface area (Å²) >= 11 is 10.9. The number of furan rings is 1. The van der Waals surface area contributed by atoms with Crippen molar-refractivity contribution < 1.29 is 4.42 Å². The summed E-state index contributed by atoms with van der Waals surface area (Å²) in [6.07, 6.45) is 1.46. The Morgan fingerprint density at radius 3 is 2.62 bits per heavy atom. The van der Waals surface area contributed by atoms with Crippen LogP contribution in [-0.4, -0.2) is 0 Å². The second-order valence-electron chi connectivity index (χ2n) is 1.36. The van der Waals surface area contributed by atoms with Gasteiger partial charge in [-0.3, -0.25) is 0 Å². The summed E-state index contributed by atoms with van der Waals surface area (Å²) in [5, 5.41) is 0.598. The fourth-order valence-corrected chi connectivity index (χ4v) is 0.730. The Labute approximate surface area is 57.2 Å². The van der Waals surface area contributed by atoms with Crippen LogP contribution in [0.3, 0.4) is 0 Å². The third-order valence-electron chi connectivity index (χ3n) is 0.753. The normalized spacial score (nSPS) is 9.75. The van der Waals surface area contributed by atoms with Crippen molar-refractivity contribution in [3.05, 3.63) is 23.1 Å². The molecular weight excluding hydrogens is 147 g/mol. The van der Waals surface area contributed by atoms with Gasteiger partial charge in [0.05, 0.1) is 10.9 Å². The van der Waals surface area contributed by atoms with Crippen molar-refractivity contribution in [2.45, 2.75) is 5.88 Å². The van der Waals surface area contributed by atoms with Gasteiger partial charge < -0.3 is 4.42 Å². The van der Waals surface area contributed by atoms with Crippen molar-refractivity contribution in [2.75, 3.05) is 0 Å². The van der Waals surface area contributed by atoms with Gasteiger partial charge in [0.15, 0.2) is 0 Å². The zero-order valence-electron chi connectivity index (χ0n) is 4.03. The van der Waals surface area contributed by atoms with E-state index in [4.69, 9.17) is 27.6 Å². The molecule has 0 N–H and O–H groups in total. The van der Waals surface area contributed by atoms with Crippen molar-refractivity contribution in [3.63, 3.8) is 0 Å². The van der Waals surface area contributed by atoms with Gasteiger partial charge >= 0.3 is 0 Å². The highest BCUT2D eigenvalue weighted by Gasteiger charge is 1.94. The van der Waals surface area contributed by atoms with Crippen LogP contribution < -0.4 is 0 Å². The van der Waals surface area contributed by atoms with Crippen molar-refractivity contribution in [1.29, 1.82) is 0 Å². The van der Waals surface area contributed by atoms with E-state index in [1.807, 2.05) is 0 Å². The van der Waals surface area contributed by atoms with Gasteiger partial charge in [0.2, 0.25) is 0 Å². The number of alkyl halides is 1. The average molecular weight is 151 g/mol. The lowest BCUT2D eigenvalue weighted by Gasteiger charge is -1.77. The second-order valence-corrected chi connectivity index (χ2v) is 2.07. The lowest BCUT2D eigenvalue weighted by Crippen LogP contribution is -1.63. The summed E-state index contributed by atoms with van der Waals surface area (Å²) in [7, 11) is 0. The van der Waals surface area contributed by atoms with E-state index in [-0.39, 0.29) is 0 Å². The molecule has 0 bridgehead atoms. The van der Waals surface area contributed by atoms with Gasteiger partial charge in [-0.15, -0.1) is 11.6 Å². The lowest BCUT2D eigenvalue weighted by molar-refractivity contribution is 0.529. The predicted molar refractivity (Wildman–Crippen MR) is 33.3 cm³/mol. The van der Waals surface area contributed by atoms with Gasteiger partial charge in [0.1, 0.15) is 12.0 Å². The van der Waals surface area contributed by atoms with Gasteiger partial charge in [0.25, 0.3) is 0 Å². The Balaban J connectivity index is 2.84. The molecule has 0 aliphatic carbocycles. The van der Waals surface area contributed by atoms with Crippen molar-refractivity contribution >= 4 is 23.2 Å². The standard InChI is InChI=1S/C5H4Cl2O/c6-2-5-1-4(7)3-8-5/h1,3H,2H2. The topological polar surface area (TPSA) is 13.1 Å². The number of hydrogen-bond donors (Lipinski definition) is 0. The van der Waals surface area contributed by atoms with Crippen LogP contribution in [0.4, 0.5) is 0 Å². The Hall–Kier alpha value is -0.140. The van der Waals surface area contributed by atoms with Gasteiger partial charge in [-0.25, -0.2) is 0 Å². The lowest BCUT2D eigenvalue weighted by atomic mass is 10.5. The van der Waals surface area contributed by atoms with E-state index in [0.717, 1.165) is 0 Å². The van der Waals surface area contributed by atoms with E-state index in [2.05, 4.69) is 0 Å². The molecule has 1 heterocycles. The smallest absolute Gasteiger partial charge is 0.120 e. The molecule has 0 saturated heterocycles. The van der Waals surface area contributed by atoms with E-state index in [1.54, 1.807) is 6.07 Å². The molecule has 0 unspecified atom stereocenters. The largest absolute Gasteiger partial charge is 0.466 e. The second kappa shape index (κ2) is 2.42. The van der Waals surface area contributed by atoms with Crippen LogP contribution in [0.15, 0.2) is 16.7 Å². The van der Waals surface area contributed by atoms with E-state index in [9.17, 15) is 0 Å². The maximum absolute atomic E-state index is 5.49. The molecule has 0 aliphatic rings. The highest BCUT2D eigenvalue weighted by Crippen LogP contribution is 2.13. The van der Waals surface area contributed by atoms with Crippen LogP contribution in [-0.2, 0) is 5.88 Å². The first-order chi connectivity index (χ1) is 3.83. The molecule has 0 saturated carbocycles. The van der Waals surface area contributed by atoms with Gasteiger partial charge in [-0.1, -0.05) is 11.6 Å². The van der Waals surface area contributed by atoms with E-state index in [0.29, 0.717) is 16.7 Å². The van der Waals surface area contributed by atoms with Crippen LogP contribution in [0.2, 0.25) is 5.02 Å². The van der Waals surface area contributed by atoms with Crippen molar-refractivity contribution in [3.8, 4) is 0 Å². The van der Waals surface area contributed by atoms with Crippen molar-refractivity contribution in [2.24, 2.45) is 0 Å². The molecule has 8 heavy (non-hydrogen) atoms. The molecule has 1 aromatic rings. The maximum atomic E-state index is 5.49. The van der Waals surface area contributed by atoms with Crippen LogP contribution in [0.25, 0.3) is 0 Å². The minimum atomic E-state index is 0.382. The van der Waals surface area contributed by atoms with E-state index < -0.39 is 0 Å². The van der Waals surface area contributed by atoms with E-state index in [1.165, 1.54) is 6.26 Å². The molecule has 0 atom stereocenters. The first-order valence-electron chi connectivity index (χ1n) is 2.12. The molecular formula is C5H4Cl2O. The fourth-order valence-electron chi connectivity index (χ4n) is 0.424. The Bertz CT molecular complexity index is 171. The van der Waals surface area contributed by atoms with Crippen LogP contribution in [0.1, 0.15) is 5.76 Å². The molecule has 0 aliphatic heterocycles.